The first-order valence-corrected chi connectivity index (χ1v) is 4.08. The van der Waals surface area contributed by atoms with Crippen molar-refractivity contribution in [1.29, 1.82) is 0 Å². The third-order valence-corrected chi connectivity index (χ3v) is 1.56. The summed E-state index contributed by atoms with van der Waals surface area (Å²) < 4.78 is 0. The average Bonchev–Trinajstić information content (AvgIpc) is 2.18. The molecule has 0 bridgehead atoms. The second-order valence-electron chi connectivity index (χ2n) is 2.49. The third kappa shape index (κ3) is 1.53. The second-order valence-corrected chi connectivity index (χ2v) is 2.49. The normalized spacial score (nSPS) is 10.2. The summed E-state index contributed by atoms with van der Waals surface area (Å²) >= 11 is 0. The fourth-order valence-corrected chi connectivity index (χ4v) is 1.01. The van der Waals surface area contributed by atoms with Crippen molar-refractivity contribution in [1.82, 2.24) is 19.9 Å². The molecular weight excluding hydrogens is 166 g/mol. The van der Waals surface area contributed by atoms with Gasteiger partial charge < -0.3 is 5.32 Å². The summed E-state index contributed by atoms with van der Waals surface area (Å²) in [5.41, 5.74) is 1.33. The Morgan fingerprint density at radius 2 is 2.08 bits per heavy atom. The van der Waals surface area contributed by atoms with Gasteiger partial charge in [0.1, 0.15) is 5.52 Å². The lowest BCUT2D eigenvalue weighted by atomic mass is 10.5. The third-order valence-electron chi connectivity index (χ3n) is 1.56. The van der Waals surface area contributed by atoms with Crippen molar-refractivity contribution in [2.45, 2.75) is 6.92 Å². The number of nitrogens with one attached hydrogen (secondary N) is 1. The first-order valence-electron chi connectivity index (χ1n) is 4.08. The number of aromatic nitrogens is 4. The largest absolute Gasteiger partial charge is 0.354 e. The van der Waals surface area contributed by atoms with Crippen LogP contribution in [0, 0.1) is 0 Å². The van der Waals surface area contributed by atoms with Crippen LogP contribution < -0.4 is 5.32 Å². The fourth-order valence-electron chi connectivity index (χ4n) is 1.01. The Morgan fingerprint density at radius 3 is 2.92 bits per heavy atom. The van der Waals surface area contributed by atoms with Gasteiger partial charge in [0.2, 0.25) is 5.95 Å². The Kier molecular flexibility index (Phi) is 1.99. The summed E-state index contributed by atoms with van der Waals surface area (Å²) in [5.74, 6) is 0.593. The number of anilines is 1. The molecule has 0 unspecified atom stereocenters. The van der Waals surface area contributed by atoms with Crippen LogP contribution in [0.5, 0.6) is 0 Å². The standard InChI is InChI=1S/C8H9N5/c1-2-9-8-12-5-6-7(13-8)11-4-3-10-6/h3-5H,2H2,1H3,(H,9,11,12,13). The molecule has 0 fully saturated rings. The minimum absolute atomic E-state index is 0.593. The van der Waals surface area contributed by atoms with Gasteiger partial charge in [-0.25, -0.2) is 15.0 Å². The zero-order chi connectivity index (χ0) is 9.10. The van der Waals surface area contributed by atoms with Crippen LogP contribution in [0.4, 0.5) is 5.95 Å². The van der Waals surface area contributed by atoms with E-state index in [1.165, 1.54) is 0 Å². The van der Waals surface area contributed by atoms with Gasteiger partial charge in [-0.05, 0) is 6.92 Å². The van der Waals surface area contributed by atoms with Crippen LogP contribution in [-0.2, 0) is 0 Å². The molecule has 0 amide bonds. The van der Waals surface area contributed by atoms with E-state index in [-0.39, 0.29) is 0 Å². The Hall–Kier alpha value is -1.78. The molecule has 0 saturated heterocycles. The minimum atomic E-state index is 0.593. The van der Waals surface area contributed by atoms with E-state index >= 15 is 0 Å². The Labute approximate surface area is 75.3 Å². The zero-order valence-electron chi connectivity index (χ0n) is 7.23. The molecule has 2 heterocycles. The predicted molar refractivity (Wildman–Crippen MR) is 49.3 cm³/mol. The summed E-state index contributed by atoms with van der Waals surface area (Å²) in [6.45, 7) is 2.79. The van der Waals surface area contributed by atoms with Crippen molar-refractivity contribution in [2.24, 2.45) is 0 Å². The van der Waals surface area contributed by atoms with Crippen LogP contribution in [0.1, 0.15) is 6.92 Å². The van der Waals surface area contributed by atoms with E-state index in [0.717, 1.165) is 6.54 Å². The van der Waals surface area contributed by atoms with Gasteiger partial charge in [0.15, 0.2) is 5.65 Å². The SMILES string of the molecule is CCNc1ncc2nccnc2n1. The van der Waals surface area contributed by atoms with Gasteiger partial charge in [0.05, 0.1) is 6.20 Å². The van der Waals surface area contributed by atoms with Crippen molar-refractivity contribution in [3.05, 3.63) is 18.6 Å². The Balaban J connectivity index is 2.49. The number of hydrogen-bond donors (Lipinski definition) is 1. The maximum atomic E-state index is 4.17. The van der Waals surface area contributed by atoms with Crippen LogP contribution in [0.3, 0.4) is 0 Å². The summed E-state index contributed by atoms with van der Waals surface area (Å²) in [5, 5.41) is 3.01. The molecule has 0 aliphatic carbocycles. The molecule has 2 rings (SSSR count). The van der Waals surface area contributed by atoms with E-state index in [0.29, 0.717) is 17.1 Å². The molecule has 2 aromatic heterocycles. The van der Waals surface area contributed by atoms with Crippen molar-refractivity contribution in [3.8, 4) is 0 Å². The molecule has 13 heavy (non-hydrogen) atoms. The van der Waals surface area contributed by atoms with Crippen molar-refractivity contribution in [2.75, 3.05) is 11.9 Å². The fraction of sp³-hybridized carbons (Fsp3) is 0.250. The monoisotopic (exact) mass is 175 g/mol. The summed E-state index contributed by atoms with van der Waals surface area (Å²) in [6, 6.07) is 0. The van der Waals surface area contributed by atoms with Crippen molar-refractivity contribution >= 4 is 17.1 Å². The summed E-state index contributed by atoms with van der Waals surface area (Å²) in [4.78, 5) is 16.4. The lowest BCUT2D eigenvalue weighted by Gasteiger charge is -2.00. The topological polar surface area (TPSA) is 63.6 Å². The van der Waals surface area contributed by atoms with Crippen LogP contribution in [-0.4, -0.2) is 26.5 Å². The highest BCUT2D eigenvalue weighted by atomic mass is 15.1. The second kappa shape index (κ2) is 3.30. The van der Waals surface area contributed by atoms with Crippen molar-refractivity contribution in [3.63, 3.8) is 0 Å². The Morgan fingerprint density at radius 1 is 1.23 bits per heavy atom. The van der Waals surface area contributed by atoms with Crippen LogP contribution >= 0.6 is 0 Å². The van der Waals surface area contributed by atoms with Gasteiger partial charge in [0.25, 0.3) is 0 Å². The first kappa shape index (κ1) is 7.85. The molecule has 0 aliphatic heterocycles. The molecule has 0 radical (unpaired) electrons. The maximum Gasteiger partial charge on any atom is 0.224 e. The molecule has 5 heteroatoms. The molecule has 0 saturated carbocycles. The van der Waals surface area contributed by atoms with E-state index < -0.39 is 0 Å². The number of hydrogen-bond acceptors (Lipinski definition) is 5. The molecular formula is C8H9N5. The molecule has 5 nitrogen and oxygen atoms in total. The highest BCUT2D eigenvalue weighted by Crippen LogP contribution is 2.05. The molecule has 2 aromatic rings. The summed E-state index contributed by atoms with van der Waals surface area (Å²) in [6.07, 6.45) is 4.90. The van der Waals surface area contributed by atoms with Gasteiger partial charge in [0, 0.05) is 18.9 Å². The molecule has 66 valence electrons. The predicted octanol–water partition coefficient (Wildman–Crippen LogP) is 0.852. The number of fused-ring (bicyclic) bond motifs is 1. The van der Waals surface area contributed by atoms with E-state index in [1.54, 1.807) is 18.6 Å². The zero-order valence-corrected chi connectivity index (χ0v) is 7.23. The van der Waals surface area contributed by atoms with E-state index in [1.807, 2.05) is 6.92 Å². The van der Waals surface area contributed by atoms with E-state index in [2.05, 4.69) is 25.3 Å². The molecule has 0 aliphatic rings. The van der Waals surface area contributed by atoms with Gasteiger partial charge in [-0.15, -0.1) is 0 Å². The highest BCUT2D eigenvalue weighted by molar-refractivity contribution is 5.68. The Bertz CT molecular complexity index is 414. The minimum Gasteiger partial charge on any atom is -0.354 e. The van der Waals surface area contributed by atoms with E-state index in [9.17, 15) is 0 Å². The van der Waals surface area contributed by atoms with Crippen LogP contribution in [0.2, 0.25) is 0 Å². The summed E-state index contributed by atoms with van der Waals surface area (Å²) in [7, 11) is 0. The maximum absolute atomic E-state index is 4.17. The molecule has 0 atom stereocenters. The van der Waals surface area contributed by atoms with Gasteiger partial charge in [-0.3, -0.25) is 0 Å². The lowest BCUT2D eigenvalue weighted by molar-refractivity contribution is 1.08. The smallest absolute Gasteiger partial charge is 0.224 e. The average molecular weight is 175 g/mol. The highest BCUT2D eigenvalue weighted by Gasteiger charge is 1.98. The van der Waals surface area contributed by atoms with Crippen molar-refractivity contribution < 1.29 is 0 Å². The quantitative estimate of drug-likeness (QED) is 0.733. The van der Waals surface area contributed by atoms with Gasteiger partial charge in [-0.1, -0.05) is 0 Å². The lowest BCUT2D eigenvalue weighted by Crippen LogP contribution is -2.02. The van der Waals surface area contributed by atoms with Crippen LogP contribution in [0.15, 0.2) is 18.6 Å². The van der Waals surface area contributed by atoms with Gasteiger partial charge >= 0.3 is 0 Å². The number of nitrogens with zero attached hydrogens (tertiary/aromatic N) is 4. The molecule has 0 aromatic carbocycles. The molecule has 0 spiro atoms. The van der Waals surface area contributed by atoms with Crippen LogP contribution in [0.25, 0.3) is 11.2 Å². The van der Waals surface area contributed by atoms with Gasteiger partial charge in [-0.2, -0.15) is 4.98 Å². The first-order chi connectivity index (χ1) is 6.40. The number of rotatable bonds is 2. The van der Waals surface area contributed by atoms with E-state index in [4.69, 9.17) is 0 Å². The molecule has 1 N–H and O–H groups in total.